The van der Waals surface area contributed by atoms with Gasteiger partial charge in [-0.3, -0.25) is 0 Å². The monoisotopic (exact) mass is 288 g/mol. The van der Waals surface area contributed by atoms with E-state index >= 15 is 0 Å². The van der Waals surface area contributed by atoms with Crippen molar-refractivity contribution in [3.8, 4) is 0 Å². The van der Waals surface area contributed by atoms with Gasteiger partial charge in [0.05, 0.1) is 6.61 Å². The Morgan fingerprint density at radius 3 is 2.05 bits per heavy atom. The average molecular weight is 288 g/mol. The summed E-state index contributed by atoms with van der Waals surface area (Å²) in [6.45, 7) is 11.6. The summed E-state index contributed by atoms with van der Waals surface area (Å²) in [5, 5.41) is 9.72. The van der Waals surface area contributed by atoms with Crippen molar-refractivity contribution in [1.29, 1.82) is 0 Å². The largest absolute Gasteiger partial charge is 0.395 e. The first-order chi connectivity index (χ1) is 9.75. The SMILES string of the molecule is CC(C)(CO)c1ccccc1C1CCC(C(C)(C)C)CC1. The van der Waals surface area contributed by atoms with Crippen molar-refractivity contribution in [2.45, 2.75) is 71.6 Å². The highest BCUT2D eigenvalue weighted by atomic mass is 16.3. The molecule has 1 N–H and O–H groups in total. The Morgan fingerprint density at radius 1 is 0.952 bits per heavy atom. The molecule has 21 heavy (non-hydrogen) atoms. The van der Waals surface area contributed by atoms with Crippen LogP contribution >= 0.6 is 0 Å². The number of hydrogen-bond acceptors (Lipinski definition) is 1. The molecule has 1 heteroatoms. The minimum absolute atomic E-state index is 0.141. The Balaban J connectivity index is 2.18. The van der Waals surface area contributed by atoms with Crippen molar-refractivity contribution in [2.75, 3.05) is 6.61 Å². The molecule has 0 bridgehead atoms. The van der Waals surface area contributed by atoms with E-state index < -0.39 is 0 Å². The molecule has 0 radical (unpaired) electrons. The number of rotatable bonds is 3. The number of hydrogen-bond donors (Lipinski definition) is 1. The summed E-state index contributed by atoms with van der Waals surface area (Å²) in [5.74, 6) is 1.53. The van der Waals surface area contributed by atoms with E-state index in [1.54, 1.807) is 0 Å². The molecule has 1 aromatic rings. The fourth-order valence-corrected chi connectivity index (χ4v) is 3.82. The fraction of sp³-hybridized carbons (Fsp3) is 0.700. The van der Waals surface area contributed by atoms with Gasteiger partial charge < -0.3 is 5.11 Å². The van der Waals surface area contributed by atoms with Crippen molar-refractivity contribution in [2.24, 2.45) is 11.3 Å². The summed E-state index contributed by atoms with van der Waals surface area (Å²) in [6.07, 6.45) is 5.25. The summed E-state index contributed by atoms with van der Waals surface area (Å²) in [7, 11) is 0. The molecule has 2 rings (SSSR count). The lowest BCUT2D eigenvalue weighted by Gasteiger charge is -2.38. The fourth-order valence-electron chi connectivity index (χ4n) is 3.82. The first-order valence-corrected chi connectivity index (χ1v) is 8.46. The lowest BCUT2D eigenvalue weighted by atomic mass is 9.67. The summed E-state index contributed by atoms with van der Waals surface area (Å²) in [5.41, 5.74) is 3.11. The summed E-state index contributed by atoms with van der Waals surface area (Å²) in [6, 6.07) is 8.76. The van der Waals surface area contributed by atoms with Crippen molar-refractivity contribution in [3.63, 3.8) is 0 Å². The maximum Gasteiger partial charge on any atom is 0.0522 e. The van der Waals surface area contributed by atoms with Gasteiger partial charge >= 0.3 is 0 Å². The standard InChI is InChI=1S/C20H32O/c1-19(2,3)16-12-10-15(11-13-16)17-8-6-7-9-18(17)20(4,5)14-21/h6-9,15-16,21H,10-14H2,1-5H3. The molecular formula is C20H32O. The quantitative estimate of drug-likeness (QED) is 0.802. The second kappa shape index (κ2) is 6.12. The number of aliphatic hydroxyl groups is 1. The molecule has 1 aliphatic rings. The molecule has 1 aliphatic carbocycles. The van der Waals surface area contributed by atoms with Crippen LogP contribution in [0.15, 0.2) is 24.3 Å². The van der Waals surface area contributed by atoms with Crippen LogP contribution in [0.5, 0.6) is 0 Å². The Bertz CT molecular complexity index is 459. The van der Waals surface area contributed by atoms with Crippen LogP contribution in [0.3, 0.4) is 0 Å². The molecule has 1 aromatic carbocycles. The van der Waals surface area contributed by atoms with Crippen molar-refractivity contribution in [3.05, 3.63) is 35.4 Å². The lowest BCUT2D eigenvalue weighted by molar-refractivity contribution is 0.167. The minimum atomic E-state index is -0.141. The molecule has 0 amide bonds. The zero-order valence-electron chi connectivity index (χ0n) is 14.4. The zero-order chi connectivity index (χ0) is 15.7. The lowest BCUT2D eigenvalue weighted by Crippen LogP contribution is -2.28. The molecule has 118 valence electrons. The first kappa shape index (κ1) is 16.5. The molecule has 1 fully saturated rings. The first-order valence-electron chi connectivity index (χ1n) is 8.46. The van der Waals surface area contributed by atoms with E-state index in [0.717, 1.165) is 5.92 Å². The van der Waals surface area contributed by atoms with Crippen LogP contribution in [0.4, 0.5) is 0 Å². The van der Waals surface area contributed by atoms with E-state index in [2.05, 4.69) is 58.9 Å². The predicted octanol–water partition coefficient (Wildman–Crippen LogP) is 5.28. The molecule has 1 saturated carbocycles. The van der Waals surface area contributed by atoms with Crippen LogP contribution in [-0.2, 0) is 5.41 Å². The van der Waals surface area contributed by atoms with E-state index in [0.29, 0.717) is 11.3 Å². The Hall–Kier alpha value is -0.820. The Kier molecular flexibility index (Phi) is 4.82. The number of benzene rings is 1. The van der Waals surface area contributed by atoms with Crippen LogP contribution in [-0.4, -0.2) is 11.7 Å². The molecule has 0 aliphatic heterocycles. The van der Waals surface area contributed by atoms with Crippen molar-refractivity contribution < 1.29 is 5.11 Å². The van der Waals surface area contributed by atoms with Gasteiger partial charge in [-0.25, -0.2) is 0 Å². The number of aliphatic hydroxyl groups excluding tert-OH is 1. The van der Waals surface area contributed by atoms with Crippen LogP contribution < -0.4 is 0 Å². The molecule has 0 atom stereocenters. The van der Waals surface area contributed by atoms with E-state index in [4.69, 9.17) is 0 Å². The van der Waals surface area contributed by atoms with E-state index in [-0.39, 0.29) is 12.0 Å². The topological polar surface area (TPSA) is 20.2 Å². The van der Waals surface area contributed by atoms with Gasteiger partial charge in [0.1, 0.15) is 0 Å². The molecular weight excluding hydrogens is 256 g/mol. The van der Waals surface area contributed by atoms with Gasteiger partial charge in [0.2, 0.25) is 0 Å². The smallest absolute Gasteiger partial charge is 0.0522 e. The highest BCUT2D eigenvalue weighted by Gasteiger charge is 2.32. The van der Waals surface area contributed by atoms with Crippen LogP contribution in [0.1, 0.15) is 77.3 Å². The van der Waals surface area contributed by atoms with Crippen LogP contribution in [0, 0.1) is 11.3 Å². The van der Waals surface area contributed by atoms with Gasteiger partial charge in [0, 0.05) is 5.41 Å². The van der Waals surface area contributed by atoms with Gasteiger partial charge in [-0.05, 0) is 54.1 Å². The van der Waals surface area contributed by atoms with Gasteiger partial charge in [-0.2, -0.15) is 0 Å². The third-order valence-electron chi connectivity index (χ3n) is 5.48. The molecule has 0 spiro atoms. The minimum Gasteiger partial charge on any atom is -0.395 e. The summed E-state index contributed by atoms with van der Waals surface area (Å²) >= 11 is 0. The molecule has 1 nitrogen and oxygen atoms in total. The Labute approximate surface area is 130 Å². The van der Waals surface area contributed by atoms with Gasteiger partial charge in [0.25, 0.3) is 0 Å². The third-order valence-corrected chi connectivity index (χ3v) is 5.48. The van der Waals surface area contributed by atoms with Gasteiger partial charge in [-0.1, -0.05) is 58.9 Å². The predicted molar refractivity (Wildman–Crippen MR) is 90.7 cm³/mol. The highest BCUT2D eigenvalue weighted by molar-refractivity contribution is 5.36. The maximum absolute atomic E-state index is 9.72. The molecule has 0 heterocycles. The van der Waals surface area contributed by atoms with Crippen LogP contribution in [0.25, 0.3) is 0 Å². The summed E-state index contributed by atoms with van der Waals surface area (Å²) in [4.78, 5) is 0. The normalized spacial score (nSPS) is 24.1. The second-order valence-electron chi connectivity index (χ2n) is 8.54. The van der Waals surface area contributed by atoms with E-state index in [9.17, 15) is 5.11 Å². The van der Waals surface area contributed by atoms with E-state index in [1.165, 1.54) is 36.8 Å². The third kappa shape index (κ3) is 3.69. The summed E-state index contributed by atoms with van der Waals surface area (Å²) < 4.78 is 0. The average Bonchev–Trinajstić information content (AvgIpc) is 2.46. The van der Waals surface area contributed by atoms with Gasteiger partial charge in [0.15, 0.2) is 0 Å². The highest BCUT2D eigenvalue weighted by Crippen LogP contribution is 2.45. The zero-order valence-corrected chi connectivity index (χ0v) is 14.4. The molecule has 0 saturated heterocycles. The van der Waals surface area contributed by atoms with Gasteiger partial charge in [-0.15, -0.1) is 0 Å². The maximum atomic E-state index is 9.72. The second-order valence-corrected chi connectivity index (χ2v) is 8.54. The van der Waals surface area contributed by atoms with Crippen molar-refractivity contribution >= 4 is 0 Å². The van der Waals surface area contributed by atoms with Crippen LogP contribution in [0.2, 0.25) is 0 Å². The van der Waals surface area contributed by atoms with Crippen molar-refractivity contribution in [1.82, 2.24) is 0 Å². The molecule has 0 unspecified atom stereocenters. The van der Waals surface area contributed by atoms with E-state index in [1.807, 2.05) is 0 Å². The Morgan fingerprint density at radius 2 is 1.52 bits per heavy atom. The molecule has 0 aromatic heterocycles.